The second-order valence-electron chi connectivity index (χ2n) is 9.24. The summed E-state index contributed by atoms with van der Waals surface area (Å²) in [7, 11) is 1.44. The Morgan fingerprint density at radius 2 is 1.90 bits per heavy atom. The molecule has 2 heterocycles. The molecule has 4 rings (SSSR count). The van der Waals surface area contributed by atoms with Crippen LogP contribution in [-0.4, -0.2) is 30.2 Å². The highest BCUT2D eigenvalue weighted by atomic mass is 35.5. The van der Waals surface area contributed by atoms with E-state index in [0.29, 0.717) is 36.2 Å². The minimum atomic E-state index is -0.871. The van der Waals surface area contributed by atoms with Gasteiger partial charge in [0.25, 0.3) is 5.56 Å². The lowest BCUT2D eigenvalue weighted by Crippen LogP contribution is -2.40. The van der Waals surface area contributed by atoms with Gasteiger partial charge in [-0.25, -0.2) is 9.79 Å². The van der Waals surface area contributed by atoms with Crippen LogP contribution in [0.2, 0.25) is 10.0 Å². The van der Waals surface area contributed by atoms with Crippen molar-refractivity contribution >= 4 is 52.6 Å². The van der Waals surface area contributed by atoms with E-state index in [9.17, 15) is 14.4 Å². The highest BCUT2D eigenvalue weighted by Gasteiger charge is 2.34. The summed E-state index contributed by atoms with van der Waals surface area (Å²) in [5.41, 5.74) is 1.45. The molecule has 1 aromatic heterocycles. The number of ether oxygens (including phenoxy) is 3. The Morgan fingerprint density at radius 1 is 1.15 bits per heavy atom. The minimum absolute atomic E-state index is 0.113. The maximum atomic E-state index is 13.8. The van der Waals surface area contributed by atoms with E-state index in [1.165, 1.54) is 29.9 Å². The molecule has 1 aliphatic heterocycles. The second-order valence-corrected chi connectivity index (χ2v) is 11.1. The molecule has 0 saturated heterocycles. The van der Waals surface area contributed by atoms with Crippen molar-refractivity contribution in [2.24, 2.45) is 10.9 Å². The maximum Gasteiger partial charge on any atom is 0.338 e. The number of aromatic nitrogens is 1. The van der Waals surface area contributed by atoms with Crippen molar-refractivity contribution in [3.05, 3.63) is 88.5 Å². The van der Waals surface area contributed by atoms with Crippen LogP contribution in [0.5, 0.6) is 11.5 Å². The first-order valence-electron chi connectivity index (χ1n) is 12.0. The molecule has 0 aliphatic carbocycles. The van der Waals surface area contributed by atoms with Gasteiger partial charge in [0, 0.05) is 17.0 Å². The molecule has 0 N–H and O–H groups in total. The summed E-state index contributed by atoms with van der Waals surface area (Å²) < 4.78 is 18.1. The predicted molar refractivity (Wildman–Crippen MR) is 150 cm³/mol. The predicted octanol–water partition coefficient (Wildman–Crippen LogP) is 4.68. The third-order valence-electron chi connectivity index (χ3n) is 5.80. The summed E-state index contributed by atoms with van der Waals surface area (Å²) in [6.45, 7) is 7.06. The summed E-state index contributed by atoms with van der Waals surface area (Å²) in [4.78, 5) is 43.8. The fraction of sp³-hybridized carbons (Fsp3) is 0.286. The third kappa shape index (κ3) is 6.11. The molecule has 0 saturated carbocycles. The van der Waals surface area contributed by atoms with E-state index in [1.807, 2.05) is 13.8 Å². The van der Waals surface area contributed by atoms with Crippen molar-refractivity contribution in [1.82, 2.24) is 4.57 Å². The van der Waals surface area contributed by atoms with Gasteiger partial charge < -0.3 is 14.2 Å². The lowest BCUT2D eigenvalue weighted by molar-refractivity contribution is -0.140. The fourth-order valence-electron chi connectivity index (χ4n) is 4.07. The number of methoxy groups -OCH3 is 1. The van der Waals surface area contributed by atoms with Gasteiger partial charge in [-0.3, -0.25) is 14.2 Å². The Labute approximate surface area is 238 Å². The molecular formula is C28H26Cl2N2O6S. The number of benzene rings is 2. The van der Waals surface area contributed by atoms with Crippen molar-refractivity contribution in [2.45, 2.75) is 33.7 Å². The Morgan fingerprint density at radius 3 is 2.54 bits per heavy atom. The van der Waals surface area contributed by atoms with Gasteiger partial charge >= 0.3 is 11.9 Å². The molecule has 3 aromatic rings. The smallest absolute Gasteiger partial charge is 0.338 e. The SMILES string of the molecule is COc1cc([C@H]2C(C(=O)OCC(C)C)=C(C)N=c3s/c(=C/c4ccc(Cl)cc4Cl)c(=O)n32)ccc1OC(C)=O. The zero-order valence-corrected chi connectivity index (χ0v) is 24.2. The molecule has 2 aromatic carbocycles. The number of carbonyl (C=O) groups is 2. The summed E-state index contributed by atoms with van der Waals surface area (Å²) in [5.74, 6) is -0.496. The molecule has 8 nitrogen and oxygen atoms in total. The number of nitrogens with zero attached hydrogens (tertiary/aromatic N) is 2. The van der Waals surface area contributed by atoms with E-state index in [2.05, 4.69) is 4.99 Å². The number of fused-ring (bicyclic) bond motifs is 1. The molecule has 1 aliphatic rings. The van der Waals surface area contributed by atoms with Crippen molar-refractivity contribution in [2.75, 3.05) is 13.7 Å². The average molecular weight is 589 g/mol. The van der Waals surface area contributed by atoms with Crippen LogP contribution < -0.4 is 24.4 Å². The summed E-state index contributed by atoms with van der Waals surface area (Å²) >= 11 is 13.6. The Hall–Kier alpha value is -3.40. The first-order valence-corrected chi connectivity index (χ1v) is 13.6. The van der Waals surface area contributed by atoms with E-state index in [1.54, 1.807) is 49.4 Å². The van der Waals surface area contributed by atoms with Crippen molar-refractivity contribution < 1.29 is 23.8 Å². The van der Waals surface area contributed by atoms with Crippen LogP contribution in [0.25, 0.3) is 6.08 Å². The number of halogens is 2. The van der Waals surface area contributed by atoms with Crippen LogP contribution >= 0.6 is 34.5 Å². The zero-order chi connectivity index (χ0) is 28.4. The Balaban J connectivity index is 1.94. The number of carbonyl (C=O) groups excluding carboxylic acids is 2. The van der Waals surface area contributed by atoms with E-state index in [-0.39, 0.29) is 35.2 Å². The van der Waals surface area contributed by atoms with Crippen LogP contribution in [-0.2, 0) is 14.3 Å². The molecule has 11 heteroatoms. The number of rotatable bonds is 7. The van der Waals surface area contributed by atoms with Gasteiger partial charge in [-0.2, -0.15) is 0 Å². The molecule has 0 spiro atoms. The van der Waals surface area contributed by atoms with Gasteiger partial charge in [0.2, 0.25) is 0 Å². The molecule has 0 unspecified atom stereocenters. The topological polar surface area (TPSA) is 96.2 Å². The van der Waals surface area contributed by atoms with Crippen LogP contribution in [0.3, 0.4) is 0 Å². The molecule has 39 heavy (non-hydrogen) atoms. The maximum absolute atomic E-state index is 13.8. The lowest BCUT2D eigenvalue weighted by atomic mass is 9.95. The monoisotopic (exact) mass is 588 g/mol. The van der Waals surface area contributed by atoms with Crippen molar-refractivity contribution in [3.8, 4) is 11.5 Å². The summed E-state index contributed by atoms with van der Waals surface area (Å²) in [5, 5.41) is 0.870. The van der Waals surface area contributed by atoms with Crippen LogP contribution in [0.1, 0.15) is 44.9 Å². The third-order valence-corrected chi connectivity index (χ3v) is 7.34. The van der Waals surface area contributed by atoms with Crippen LogP contribution in [0, 0.1) is 5.92 Å². The molecule has 0 bridgehead atoms. The molecule has 0 fully saturated rings. The van der Waals surface area contributed by atoms with E-state index in [4.69, 9.17) is 37.4 Å². The minimum Gasteiger partial charge on any atom is -0.493 e. The van der Waals surface area contributed by atoms with Gasteiger partial charge in [0.05, 0.1) is 35.6 Å². The largest absolute Gasteiger partial charge is 0.493 e. The second kappa shape index (κ2) is 11.8. The normalized spacial score (nSPS) is 15.2. The van der Waals surface area contributed by atoms with Crippen molar-refractivity contribution in [1.29, 1.82) is 0 Å². The molecule has 204 valence electrons. The first-order chi connectivity index (χ1) is 18.5. The van der Waals surface area contributed by atoms with Crippen LogP contribution in [0.15, 0.2) is 57.5 Å². The first kappa shape index (κ1) is 28.6. The molecular weight excluding hydrogens is 563 g/mol. The number of thiazole rings is 1. The van der Waals surface area contributed by atoms with Crippen molar-refractivity contribution in [3.63, 3.8) is 0 Å². The lowest BCUT2D eigenvalue weighted by Gasteiger charge is -2.25. The highest BCUT2D eigenvalue weighted by Crippen LogP contribution is 2.36. The average Bonchev–Trinajstić information content (AvgIpc) is 3.17. The van der Waals surface area contributed by atoms with Gasteiger partial charge in [0.15, 0.2) is 16.3 Å². The van der Waals surface area contributed by atoms with Crippen LogP contribution in [0.4, 0.5) is 0 Å². The number of hydrogen-bond acceptors (Lipinski definition) is 8. The summed E-state index contributed by atoms with van der Waals surface area (Å²) in [6, 6.07) is 8.99. The number of allylic oxidation sites excluding steroid dienone is 1. The van der Waals surface area contributed by atoms with Gasteiger partial charge in [0.1, 0.15) is 0 Å². The zero-order valence-electron chi connectivity index (χ0n) is 21.9. The standard InChI is InChI=1S/C28H26Cl2N2O6S/c1-14(2)13-37-27(35)24-15(3)31-28-32(25(24)18-7-9-21(38-16(4)33)22(10-18)36-5)26(34)23(39-28)11-17-6-8-19(29)12-20(17)30/h6-12,14,25H,13H2,1-5H3/b23-11+/t25-/m0/s1. The highest BCUT2D eigenvalue weighted by molar-refractivity contribution is 7.07. The van der Waals surface area contributed by atoms with E-state index in [0.717, 1.165) is 0 Å². The van der Waals surface area contributed by atoms with E-state index >= 15 is 0 Å². The van der Waals surface area contributed by atoms with E-state index < -0.39 is 18.0 Å². The quantitative estimate of drug-likeness (QED) is 0.294. The molecule has 1 atom stereocenters. The van der Waals surface area contributed by atoms with Gasteiger partial charge in [-0.1, -0.05) is 60.5 Å². The Kier molecular flexibility index (Phi) is 8.64. The summed E-state index contributed by atoms with van der Waals surface area (Å²) in [6.07, 6.45) is 1.67. The number of esters is 2. The fourth-order valence-corrected chi connectivity index (χ4v) is 5.57. The molecule has 0 amide bonds. The van der Waals surface area contributed by atoms with Gasteiger partial charge in [-0.05, 0) is 54.3 Å². The Bertz CT molecular complexity index is 1670. The molecule has 0 radical (unpaired) electrons. The van der Waals surface area contributed by atoms with Gasteiger partial charge in [-0.15, -0.1) is 0 Å². The number of hydrogen-bond donors (Lipinski definition) is 0.